The van der Waals surface area contributed by atoms with Gasteiger partial charge in [0.15, 0.2) is 0 Å². The Morgan fingerprint density at radius 2 is 1.62 bits per heavy atom. The van der Waals surface area contributed by atoms with Crippen molar-refractivity contribution in [2.75, 3.05) is 18.6 Å². The highest BCUT2D eigenvalue weighted by atomic mass is 16.5. The zero-order chi connectivity index (χ0) is 26.4. The third-order valence-electron chi connectivity index (χ3n) is 7.23. The topological polar surface area (TPSA) is 70.2 Å². The molecule has 2 aliphatic rings. The molecule has 7 heteroatoms. The Bertz CT molecular complexity index is 1110. The largest absolute Gasteiger partial charge is 0.497 e. The van der Waals surface area contributed by atoms with Gasteiger partial charge in [0.1, 0.15) is 18.2 Å². The van der Waals surface area contributed by atoms with Crippen LogP contribution in [-0.4, -0.2) is 53.3 Å². The summed E-state index contributed by atoms with van der Waals surface area (Å²) in [6.07, 6.45) is 8.84. The standard InChI is InChI=1S/C30H37N3O4/c1-22(2)33(25-14-16-26(37-3)17-15-25)28(34)21-31-18-19-32(24-12-8-5-9-13-24)30(36)27(29(31)35)20-23-10-6-4-7-11-23/h4,6-7,10-11,14-19,22,24,27H,5,8-9,12-13,20-21H2,1-3H3. The quantitative estimate of drug-likeness (QED) is 0.487. The number of benzene rings is 2. The maximum Gasteiger partial charge on any atom is 0.247 e. The molecule has 0 aromatic heterocycles. The van der Waals surface area contributed by atoms with Crippen LogP contribution in [0.1, 0.15) is 51.5 Å². The van der Waals surface area contributed by atoms with Crippen LogP contribution in [0.5, 0.6) is 5.75 Å². The van der Waals surface area contributed by atoms with Gasteiger partial charge in [-0.05, 0) is 62.9 Å². The minimum Gasteiger partial charge on any atom is -0.497 e. The molecule has 1 atom stereocenters. The third-order valence-corrected chi connectivity index (χ3v) is 7.23. The van der Waals surface area contributed by atoms with E-state index < -0.39 is 5.92 Å². The second-order valence-electron chi connectivity index (χ2n) is 10.1. The minimum absolute atomic E-state index is 0.0886. The van der Waals surface area contributed by atoms with E-state index in [9.17, 15) is 14.4 Å². The fourth-order valence-electron chi connectivity index (χ4n) is 5.30. The average Bonchev–Trinajstić information content (AvgIpc) is 3.02. The van der Waals surface area contributed by atoms with Gasteiger partial charge < -0.3 is 19.4 Å². The predicted molar refractivity (Wildman–Crippen MR) is 144 cm³/mol. The summed E-state index contributed by atoms with van der Waals surface area (Å²) in [5, 5.41) is 0. The maximum absolute atomic E-state index is 13.8. The molecule has 196 valence electrons. The van der Waals surface area contributed by atoms with Gasteiger partial charge in [-0.25, -0.2) is 0 Å². The molecule has 0 spiro atoms. The first kappa shape index (κ1) is 26.5. The van der Waals surface area contributed by atoms with Crippen LogP contribution in [0.4, 0.5) is 5.69 Å². The Morgan fingerprint density at radius 1 is 0.946 bits per heavy atom. The van der Waals surface area contributed by atoms with Crippen LogP contribution in [0.25, 0.3) is 0 Å². The summed E-state index contributed by atoms with van der Waals surface area (Å²) >= 11 is 0. The Labute approximate surface area is 219 Å². The second-order valence-corrected chi connectivity index (χ2v) is 10.1. The molecule has 0 bridgehead atoms. The lowest BCUT2D eigenvalue weighted by molar-refractivity contribution is -0.145. The van der Waals surface area contributed by atoms with Gasteiger partial charge in [-0.15, -0.1) is 0 Å². The van der Waals surface area contributed by atoms with Crippen molar-refractivity contribution < 1.29 is 19.1 Å². The summed E-state index contributed by atoms with van der Waals surface area (Å²) in [6, 6.07) is 16.9. The number of carbonyl (C=O) groups is 3. The van der Waals surface area contributed by atoms with Gasteiger partial charge in [0, 0.05) is 30.2 Å². The fraction of sp³-hybridized carbons (Fsp3) is 0.433. The van der Waals surface area contributed by atoms with E-state index in [2.05, 4.69) is 0 Å². The van der Waals surface area contributed by atoms with Crippen molar-refractivity contribution in [1.82, 2.24) is 9.80 Å². The van der Waals surface area contributed by atoms with Crippen molar-refractivity contribution in [2.45, 2.75) is 64.5 Å². The van der Waals surface area contributed by atoms with Crippen LogP contribution in [0, 0.1) is 5.92 Å². The highest BCUT2D eigenvalue weighted by molar-refractivity contribution is 6.04. The number of rotatable bonds is 8. The van der Waals surface area contributed by atoms with Gasteiger partial charge in [0.25, 0.3) is 0 Å². The summed E-state index contributed by atoms with van der Waals surface area (Å²) < 4.78 is 5.25. The average molecular weight is 504 g/mol. The number of amides is 3. The summed E-state index contributed by atoms with van der Waals surface area (Å²) in [5.41, 5.74) is 1.65. The van der Waals surface area contributed by atoms with Gasteiger partial charge in [-0.1, -0.05) is 49.6 Å². The van der Waals surface area contributed by atoms with Crippen LogP contribution in [-0.2, 0) is 20.8 Å². The molecule has 1 saturated carbocycles. The molecule has 0 N–H and O–H groups in total. The monoisotopic (exact) mass is 503 g/mol. The van der Waals surface area contributed by atoms with Crippen LogP contribution in [0.15, 0.2) is 67.0 Å². The van der Waals surface area contributed by atoms with Crippen LogP contribution >= 0.6 is 0 Å². The first-order valence-corrected chi connectivity index (χ1v) is 13.2. The minimum atomic E-state index is -0.874. The van der Waals surface area contributed by atoms with Crippen molar-refractivity contribution in [3.05, 3.63) is 72.6 Å². The first-order valence-electron chi connectivity index (χ1n) is 13.2. The van der Waals surface area contributed by atoms with Crippen molar-refractivity contribution in [2.24, 2.45) is 5.92 Å². The van der Waals surface area contributed by atoms with E-state index in [1.165, 1.54) is 11.3 Å². The van der Waals surface area contributed by atoms with Crippen molar-refractivity contribution >= 4 is 23.4 Å². The van der Waals surface area contributed by atoms with E-state index in [0.29, 0.717) is 12.2 Å². The van der Waals surface area contributed by atoms with E-state index >= 15 is 0 Å². The molecule has 1 heterocycles. The zero-order valence-electron chi connectivity index (χ0n) is 22.0. The maximum atomic E-state index is 13.8. The van der Waals surface area contributed by atoms with Crippen molar-refractivity contribution in [3.63, 3.8) is 0 Å². The van der Waals surface area contributed by atoms with Crippen molar-refractivity contribution in [1.29, 1.82) is 0 Å². The van der Waals surface area contributed by atoms with Crippen molar-refractivity contribution in [3.8, 4) is 5.75 Å². The SMILES string of the molecule is COc1ccc(N(C(=O)CN2C=CN(C3CCCCC3)C(=O)C(Cc3ccccc3)C2=O)C(C)C)cc1. The van der Waals surface area contributed by atoms with Crippen LogP contribution < -0.4 is 9.64 Å². The second kappa shape index (κ2) is 12.1. The number of carbonyl (C=O) groups excluding carboxylic acids is 3. The van der Waals surface area contributed by atoms with E-state index in [-0.39, 0.29) is 36.3 Å². The lowest BCUT2D eigenvalue weighted by Crippen LogP contribution is -2.47. The molecule has 1 aliphatic heterocycles. The Hall–Kier alpha value is -3.61. The molecule has 37 heavy (non-hydrogen) atoms. The predicted octanol–water partition coefficient (Wildman–Crippen LogP) is 4.77. The van der Waals surface area contributed by atoms with E-state index in [0.717, 1.165) is 36.9 Å². The number of methoxy groups -OCH3 is 1. The molecule has 1 fully saturated rings. The molecule has 1 aliphatic carbocycles. The lowest BCUT2D eigenvalue weighted by Gasteiger charge is -2.32. The fourth-order valence-corrected chi connectivity index (χ4v) is 5.30. The molecule has 4 rings (SSSR count). The summed E-state index contributed by atoms with van der Waals surface area (Å²) in [5.74, 6) is -0.899. The summed E-state index contributed by atoms with van der Waals surface area (Å²) in [4.78, 5) is 45.9. The third kappa shape index (κ3) is 6.21. The molecule has 2 aromatic rings. The lowest BCUT2D eigenvalue weighted by atomic mass is 9.92. The highest BCUT2D eigenvalue weighted by Crippen LogP contribution is 2.28. The molecule has 3 amide bonds. The molecule has 1 unspecified atom stereocenters. The van der Waals surface area contributed by atoms with Gasteiger partial charge in [-0.3, -0.25) is 14.4 Å². The number of ether oxygens (including phenoxy) is 1. The molecule has 7 nitrogen and oxygen atoms in total. The molecule has 0 saturated heterocycles. The first-order chi connectivity index (χ1) is 17.9. The number of anilines is 1. The summed E-state index contributed by atoms with van der Waals surface area (Å²) in [7, 11) is 1.60. The van der Waals surface area contributed by atoms with E-state index in [4.69, 9.17) is 4.74 Å². The summed E-state index contributed by atoms with van der Waals surface area (Å²) in [6.45, 7) is 3.74. The van der Waals surface area contributed by atoms with Gasteiger partial charge in [0.05, 0.1) is 7.11 Å². The van der Waals surface area contributed by atoms with Crippen LogP contribution in [0.2, 0.25) is 0 Å². The van der Waals surface area contributed by atoms with E-state index in [1.807, 2.05) is 68.4 Å². The smallest absolute Gasteiger partial charge is 0.247 e. The Morgan fingerprint density at radius 3 is 2.24 bits per heavy atom. The van der Waals surface area contributed by atoms with Gasteiger partial charge in [0.2, 0.25) is 17.7 Å². The van der Waals surface area contributed by atoms with Gasteiger partial charge >= 0.3 is 0 Å². The zero-order valence-corrected chi connectivity index (χ0v) is 22.0. The Kier molecular flexibility index (Phi) is 8.64. The van der Waals surface area contributed by atoms with Gasteiger partial charge in [-0.2, -0.15) is 0 Å². The number of hydrogen-bond acceptors (Lipinski definition) is 4. The Balaban J connectivity index is 1.60. The molecular weight excluding hydrogens is 466 g/mol. The molecule has 2 aromatic carbocycles. The number of nitrogens with zero attached hydrogens (tertiary/aromatic N) is 3. The molecular formula is C30H37N3O4. The van der Waals surface area contributed by atoms with E-state index in [1.54, 1.807) is 29.3 Å². The molecule has 0 radical (unpaired) electrons. The highest BCUT2D eigenvalue weighted by Gasteiger charge is 2.39. The van der Waals surface area contributed by atoms with Crippen LogP contribution in [0.3, 0.4) is 0 Å². The normalized spacial score (nSPS) is 18.8. The number of hydrogen-bond donors (Lipinski definition) is 0.